The van der Waals surface area contributed by atoms with Gasteiger partial charge in [0.15, 0.2) is 0 Å². The van der Waals surface area contributed by atoms with E-state index in [1.54, 1.807) is 0 Å². The van der Waals surface area contributed by atoms with Gasteiger partial charge in [-0.3, -0.25) is 0 Å². The first-order valence-corrected chi connectivity index (χ1v) is 5.92. The first kappa shape index (κ1) is 11.6. The molecule has 0 spiro atoms. The smallest absolute Gasteiger partial charge is 0.123 e. The third kappa shape index (κ3) is 3.70. The highest BCUT2D eigenvalue weighted by Gasteiger charge is 1.99. The van der Waals surface area contributed by atoms with Crippen molar-refractivity contribution in [1.82, 2.24) is 0 Å². The van der Waals surface area contributed by atoms with Crippen LogP contribution >= 0.6 is 15.9 Å². The zero-order chi connectivity index (χ0) is 10.4. The Bertz CT molecular complexity index is 284. The summed E-state index contributed by atoms with van der Waals surface area (Å²) >= 11 is 3.44. The zero-order valence-electron chi connectivity index (χ0n) is 8.85. The van der Waals surface area contributed by atoms with Crippen molar-refractivity contribution in [2.24, 2.45) is 0 Å². The van der Waals surface area contributed by atoms with Gasteiger partial charge in [0, 0.05) is 4.47 Å². The maximum atomic E-state index is 5.69. The third-order valence-electron chi connectivity index (χ3n) is 2.16. The molecule has 0 aromatic heterocycles. The van der Waals surface area contributed by atoms with Gasteiger partial charge in [-0.2, -0.15) is 0 Å². The molecule has 0 aliphatic heterocycles. The highest BCUT2D eigenvalue weighted by Crippen LogP contribution is 2.22. The van der Waals surface area contributed by atoms with Gasteiger partial charge in [-0.05, 0) is 31.0 Å². The lowest BCUT2D eigenvalue weighted by Gasteiger charge is -2.08. The van der Waals surface area contributed by atoms with Crippen LogP contribution in [0.4, 0.5) is 0 Å². The van der Waals surface area contributed by atoms with Gasteiger partial charge < -0.3 is 4.74 Å². The highest BCUT2D eigenvalue weighted by molar-refractivity contribution is 9.10. The SMILES string of the molecule is CCCCCOc1cc(Br)ccc1C. The van der Waals surface area contributed by atoms with Crippen LogP contribution in [0.25, 0.3) is 0 Å². The van der Waals surface area contributed by atoms with E-state index in [1.807, 2.05) is 12.1 Å². The van der Waals surface area contributed by atoms with Gasteiger partial charge in [0.25, 0.3) is 0 Å². The summed E-state index contributed by atoms with van der Waals surface area (Å²) in [5.74, 6) is 0.996. The van der Waals surface area contributed by atoms with Crippen molar-refractivity contribution in [3.8, 4) is 5.75 Å². The molecule has 2 heteroatoms. The molecule has 0 bridgehead atoms. The molecular formula is C12H17BrO. The molecule has 0 aliphatic carbocycles. The summed E-state index contributed by atoms with van der Waals surface area (Å²) in [4.78, 5) is 0. The van der Waals surface area contributed by atoms with Gasteiger partial charge in [0.1, 0.15) is 5.75 Å². The van der Waals surface area contributed by atoms with Crippen molar-refractivity contribution in [1.29, 1.82) is 0 Å². The van der Waals surface area contributed by atoms with E-state index in [0.29, 0.717) is 0 Å². The first-order valence-electron chi connectivity index (χ1n) is 5.13. The standard InChI is InChI=1S/C12H17BrO/c1-3-4-5-8-14-12-9-11(13)7-6-10(12)2/h6-7,9H,3-5,8H2,1-2H3. The molecule has 0 amide bonds. The highest BCUT2D eigenvalue weighted by atomic mass is 79.9. The van der Waals surface area contributed by atoms with Crippen LogP contribution in [0.2, 0.25) is 0 Å². The molecule has 14 heavy (non-hydrogen) atoms. The quantitative estimate of drug-likeness (QED) is 0.713. The lowest BCUT2D eigenvalue weighted by molar-refractivity contribution is 0.304. The Labute approximate surface area is 94.6 Å². The first-order chi connectivity index (χ1) is 6.74. The Balaban J connectivity index is 2.45. The van der Waals surface area contributed by atoms with E-state index in [2.05, 4.69) is 35.8 Å². The molecule has 0 unspecified atom stereocenters. The lowest BCUT2D eigenvalue weighted by atomic mass is 10.2. The molecule has 0 saturated carbocycles. The summed E-state index contributed by atoms with van der Waals surface area (Å²) in [6, 6.07) is 6.13. The summed E-state index contributed by atoms with van der Waals surface area (Å²) in [6.45, 7) is 5.09. The van der Waals surface area contributed by atoms with Crippen LogP contribution in [0.5, 0.6) is 5.75 Å². The summed E-state index contributed by atoms with van der Waals surface area (Å²) < 4.78 is 6.77. The molecular weight excluding hydrogens is 240 g/mol. The van der Waals surface area contributed by atoms with Gasteiger partial charge in [0.05, 0.1) is 6.61 Å². The minimum Gasteiger partial charge on any atom is -0.493 e. The molecule has 0 atom stereocenters. The summed E-state index contributed by atoms with van der Waals surface area (Å²) in [7, 11) is 0. The Morgan fingerprint density at radius 3 is 2.79 bits per heavy atom. The average Bonchev–Trinajstić information content (AvgIpc) is 2.18. The van der Waals surface area contributed by atoms with E-state index in [9.17, 15) is 0 Å². The molecule has 0 N–H and O–H groups in total. The van der Waals surface area contributed by atoms with E-state index in [-0.39, 0.29) is 0 Å². The molecule has 1 aromatic carbocycles. The molecule has 0 saturated heterocycles. The minimum absolute atomic E-state index is 0.825. The second-order valence-corrected chi connectivity index (χ2v) is 4.38. The minimum atomic E-state index is 0.825. The molecule has 1 nitrogen and oxygen atoms in total. The molecule has 0 fully saturated rings. The van der Waals surface area contributed by atoms with Crippen LogP contribution in [0.1, 0.15) is 31.7 Å². The van der Waals surface area contributed by atoms with E-state index < -0.39 is 0 Å². The summed E-state index contributed by atoms with van der Waals surface area (Å²) in [5.41, 5.74) is 1.20. The molecule has 0 radical (unpaired) electrons. The van der Waals surface area contributed by atoms with Gasteiger partial charge in [-0.15, -0.1) is 0 Å². The van der Waals surface area contributed by atoms with Crippen molar-refractivity contribution in [2.75, 3.05) is 6.61 Å². The second kappa shape index (κ2) is 6.07. The van der Waals surface area contributed by atoms with Crippen molar-refractivity contribution in [3.05, 3.63) is 28.2 Å². The topological polar surface area (TPSA) is 9.23 Å². The fourth-order valence-electron chi connectivity index (χ4n) is 1.26. The van der Waals surface area contributed by atoms with Gasteiger partial charge in [-0.25, -0.2) is 0 Å². The Morgan fingerprint density at radius 2 is 2.07 bits per heavy atom. The number of benzene rings is 1. The zero-order valence-corrected chi connectivity index (χ0v) is 10.4. The summed E-state index contributed by atoms with van der Waals surface area (Å²) in [5, 5.41) is 0. The number of ether oxygens (including phenoxy) is 1. The molecule has 0 heterocycles. The van der Waals surface area contributed by atoms with Crippen LogP contribution in [0.15, 0.2) is 22.7 Å². The van der Waals surface area contributed by atoms with E-state index >= 15 is 0 Å². The normalized spacial score (nSPS) is 10.2. The van der Waals surface area contributed by atoms with Crippen LogP contribution in [-0.2, 0) is 0 Å². The van der Waals surface area contributed by atoms with Gasteiger partial charge in [0.2, 0.25) is 0 Å². The fraction of sp³-hybridized carbons (Fsp3) is 0.500. The number of aryl methyl sites for hydroxylation is 1. The van der Waals surface area contributed by atoms with Crippen LogP contribution < -0.4 is 4.74 Å². The Hall–Kier alpha value is -0.500. The number of rotatable bonds is 5. The largest absolute Gasteiger partial charge is 0.493 e. The average molecular weight is 257 g/mol. The molecule has 1 aromatic rings. The number of hydrogen-bond acceptors (Lipinski definition) is 1. The van der Waals surface area contributed by atoms with Crippen LogP contribution in [0.3, 0.4) is 0 Å². The van der Waals surface area contributed by atoms with Gasteiger partial charge >= 0.3 is 0 Å². The van der Waals surface area contributed by atoms with Crippen molar-refractivity contribution in [3.63, 3.8) is 0 Å². The van der Waals surface area contributed by atoms with Gasteiger partial charge in [-0.1, -0.05) is 41.8 Å². The van der Waals surface area contributed by atoms with E-state index in [1.165, 1.54) is 18.4 Å². The summed E-state index contributed by atoms with van der Waals surface area (Å²) in [6.07, 6.45) is 3.62. The number of halogens is 1. The van der Waals surface area contributed by atoms with Crippen molar-refractivity contribution < 1.29 is 4.74 Å². The maximum absolute atomic E-state index is 5.69. The van der Waals surface area contributed by atoms with E-state index in [4.69, 9.17) is 4.74 Å². The van der Waals surface area contributed by atoms with Crippen LogP contribution in [0, 0.1) is 6.92 Å². The predicted octanol–water partition coefficient (Wildman–Crippen LogP) is 4.33. The van der Waals surface area contributed by atoms with Crippen molar-refractivity contribution in [2.45, 2.75) is 33.1 Å². The molecule has 1 rings (SSSR count). The number of hydrogen-bond donors (Lipinski definition) is 0. The Kier molecular flexibility index (Phi) is 5.02. The monoisotopic (exact) mass is 256 g/mol. The second-order valence-electron chi connectivity index (χ2n) is 3.47. The third-order valence-corrected chi connectivity index (χ3v) is 2.65. The van der Waals surface area contributed by atoms with Crippen LogP contribution in [-0.4, -0.2) is 6.61 Å². The number of unbranched alkanes of at least 4 members (excludes halogenated alkanes) is 2. The fourth-order valence-corrected chi connectivity index (χ4v) is 1.60. The van der Waals surface area contributed by atoms with Crippen molar-refractivity contribution >= 4 is 15.9 Å². The maximum Gasteiger partial charge on any atom is 0.123 e. The molecule has 78 valence electrons. The predicted molar refractivity (Wildman–Crippen MR) is 63.9 cm³/mol. The lowest BCUT2D eigenvalue weighted by Crippen LogP contribution is -1.98. The van der Waals surface area contributed by atoms with E-state index in [0.717, 1.165) is 23.2 Å². The molecule has 0 aliphatic rings. The Morgan fingerprint density at radius 1 is 1.29 bits per heavy atom.